The number of hydrogen-bond acceptors (Lipinski definition) is 3. The fraction of sp³-hybridized carbons (Fsp3) is 0.350. The van der Waals surface area contributed by atoms with E-state index in [2.05, 4.69) is 19.2 Å². The summed E-state index contributed by atoms with van der Waals surface area (Å²) in [6.45, 7) is 5.07. The summed E-state index contributed by atoms with van der Waals surface area (Å²) in [6, 6.07) is 17.4. The highest BCUT2D eigenvalue weighted by molar-refractivity contribution is 5.99. The topological polar surface area (TPSA) is 64.3 Å². The zero-order chi connectivity index (χ0) is 17.4. The highest BCUT2D eigenvalue weighted by Crippen LogP contribution is 2.33. The van der Waals surface area contributed by atoms with E-state index in [1.165, 1.54) is 0 Å². The summed E-state index contributed by atoms with van der Waals surface area (Å²) in [6.07, 6.45) is 1.49. The quantitative estimate of drug-likeness (QED) is 0.777. The van der Waals surface area contributed by atoms with Crippen LogP contribution in [0.4, 0.5) is 5.69 Å². The molecule has 0 spiro atoms. The van der Waals surface area contributed by atoms with Gasteiger partial charge in [-0.3, -0.25) is 4.79 Å². The van der Waals surface area contributed by atoms with Crippen LogP contribution in [0.25, 0.3) is 0 Å². The fourth-order valence-electron chi connectivity index (χ4n) is 2.93. The molecule has 24 heavy (non-hydrogen) atoms. The second kappa shape index (κ2) is 8.50. The Morgan fingerprint density at radius 2 is 1.67 bits per heavy atom. The van der Waals surface area contributed by atoms with E-state index >= 15 is 0 Å². The summed E-state index contributed by atoms with van der Waals surface area (Å²) < 4.78 is 5.46. The van der Waals surface area contributed by atoms with Gasteiger partial charge in [-0.1, -0.05) is 44.2 Å². The van der Waals surface area contributed by atoms with E-state index in [4.69, 9.17) is 10.5 Å². The smallest absolute Gasteiger partial charge is 0.235 e. The van der Waals surface area contributed by atoms with Crippen molar-refractivity contribution >= 4 is 11.6 Å². The predicted octanol–water partition coefficient (Wildman–Crippen LogP) is 3.72. The third-order valence-corrected chi connectivity index (χ3v) is 4.47. The minimum Gasteiger partial charge on any atom is -0.492 e. The van der Waals surface area contributed by atoms with Crippen LogP contribution in [0.1, 0.15) is 32.3 Å². The maximum atomic E-state index is 13.0. The second-order valence-corrected chi connectivity index (χ2v) is 5.77. The average Bonchev–Trinajstić information content (AvgIpc) is 2.63. The van der Waals surface area contributed by atoms with Gasteiger partial charge in [0.2, 0.25) is 5.91 Å². The Labute approximate surface area is 144 Å². The summed E-state index contributed by atoms with van der Waals surface area (Å²) >= 11 is 0. The van der Waals surface area contributed by atoms with E-state index in [9.17, 15) is 4.79 Å². The molecule has 4 heteroatoms. The lowest BCUT2D eigenvalue weighted by Crippen LogP contribution is -2.39. The molecule has 0 fully saturated rings. The summed E-state index contributed by atoms with van der Waals surface area (Å²) in [5.74, 6) is 0.771. The number of hydrogen-bond donors (Lipinski definition) is 2. The van der Waals surface area contributed by atoms with Gasteiger partial charge in [-0.05, 0) is 42.7 Å². The molecule has 1 amide bonds. The molecule has 0 atom stereocenters. The Balaban J connectivity index is 2.16. The molecule has 128 valence electrons. The number of rotatable bonds is 8. The third-order valence-electron chi connectivity index (χ3n) is 4.47. The number of nitrogens with one attached hydrogen (secondary N) is 1. The molecule has 2 aromatic carbocycles. The molecule has 0 bridgehead atoms. The molecular formula is C20H26N2O2. The molecule has 0 aliphatic carbocycles. The monoisotopic (exact) mass is 326 g/mol. The van der Waals surface area contributed by atoms with E-state index in [0.717, 1.165) is 29.8 Å². The minimum atomic E-state index is -0.518. The highest BCUT2D eigenvalue weighted by Gasteiger charge is 2.36. The van der Waals surface area contributed by atoms with Crippen molar-refractivity contribution in [3.05, 3.63) is 60.2 Å². The molecule has 0 saturated heterocycles. The van der Waals surface area contributed by atoms with E-state index in [0.29, 0.717) is 13.2 Å². The molecule has 0 saturated carbocycles. The van der Waals surface area contributed by atoms with Crippen molar-refractivity contribution < 1.29 is 9.53 Å². The first-order chi connectivity index (χ1) is 11.7. The van der Waals surface area contributed by atoms with Crippen molar-refractivity contribution in [2.75, 3.05) is 18.5 Å². The maximum Gasteiger partial charge on any atom is 0.235 e. The molecule has 2 aromatic rings. The van der Waals surface area contributed by atoms with Crippen molar-refractivity contribution in [1.29, 1.82) is 0 Å². The van der Waals surface area contributed by atoms with Crippen LogP contribution < -0.4 is 15.8 Å². The average molecular weight is 326 g/mol. The van der Waals surface area contributed by atoms with Crippen LogP contribution in [0.5, 0.6) is 5.75 Å². The molecule has 0 aliphatic rings. The minimum absolute atomic E-state index is 0.0225. The van der Waals surface area contributed by atoms with E-state index in [1.54, 1.807) is 0 Å². The Morgan fingerprint density at radius 3 is 2.21 bits per heavy atom. The maximum absolute atomic E-state index is 13.0. The Bertz CT molecular complexity index is 634. The van der Waals surface area contributed by atoms with E-state index in [-0.39, 0.29) is 5.91 Å². The number of nitrogens with two attached hydrogens (primary N) is 1. The lowest BCUT2D eigenvalue weighted by atomic mass is 9.75. The van der Waals surface area contributed by atoms with Gasteiger partial charge >= 0.3 is 0 Å². The normalized spacial score (nSPS) is 11.1. The Kier molecular flexibility index (Phi) is 6.38. The van der Waals surface area contributed by atoms with Gasteiger partial charge in [0.25, 0.3) is 0 Å². The number of amides is 1. The van der Waals surface area contributed by atoms with Crippen molar-refractivity contribution in [2.24, 2.45) is 5.73 Å². The Hall–Kier alpha value is -2.33. The predicted molar refractivity (Wildman–Crippen MR) is 98.3 cm³/mol. The Morgan fingerprint density at radius 1 is 1.04 bits per heavy atom. The van der Waals surface area contributed by atoms with Crippen LogP contribution >= 0.6 is 0 Å². The van der Waals surface area contributed by atoms with Gasteiger partial charge < -0.3 is 15.8 Å². The first-order valence-electron chi connectivity index (χ1n) is 8.46. The van der Waals surface area contributed by atoms with Gasteiger partial charge in [-0.15, -0.1) is 0 Å². The van der Waals surface area contributed by atoms with Crippen molar-refractivity contribution in [3.63, 3.8) is 0 Å². The van der Waals surface area contributed by atoms with Gasteiger partial charge in [-0.25, -0.2) is 0 Å². The summed E-state index contributed by atoms with van der Waals surface area (Å²) in [5.41, 5.74) is 6.72. The molecule has 4 nitrogen and oxygen atoms in total. The fourth-order valence-corrected chi connectivity index (χ4v) is 2.93. The number of carbonyl (C=O) groups is 1. The van der Waals surface area contributed by atoms with Crippen LogP contribution in [0.15, 0.2) is 54.6 Å². The summed E-state index contributed by atoms with van der Waals surface area (Å²) in [4.78, 5) is 13.0. The molecule has 3 N–H and O–H groups in total. The zero-order valence-corrected chi connectivity index (χ0v) is 14.4. The largest absolute Gasteiger partial charge is 0.492 e. The molecule has 2 rings (SSSR count). The molecule has 0 aromatic heterocycles. The van der Waals surface area contributed by atoms with Gasteiger partial charge in [0.1, 0.15) is 12.4 Å². The van der Waals surface area contributed by atoms with Crippen molar-refractivity contribution in [3.8, 4) is 5.75 Å². The number of benzene rings is 2. The van der Waals surface area contributed by atoms with Crippen LogP contribution in [0, 0.1) is 0 Å². The van der Waals surface area contributed by atoms with E-state index < -0.39 is 5.41 Å². The van der Waals surface area contributed by atoms with Crippen LogP contribution in [0.3, 0.4) is 0 Å². The number of carbonyl (C=O) groups excluding carboxylic acids is 1. The molecule has 0 aliphatic heterocycles. The first-order valence-corrected chi connectivity index (χ1v) is 8.46. The zero-order valence-electron chi connectivity index (χ0n) is 14.4. The number of ether oxygens (including phenoxy) is 1. The highest BCUT2D eigenvalue weighted by atomic mass is 16.5. The SMILES string of the molecule is CCC(CC)(C(=O)Nc1ccc(OCCN)cc1)c1ccccc1. The molecule has 0 unspecified atom stereocenters. The van der Waals surface area contributed by atoms with Crippen LogP contribution in [0.2, 0.25) is 0 Å². The van der Waals surface area contributed by atoms with Gasteiger partial charge in [0, 0.05) is 12.2 Å². The number of anilines is 1. The molecule has 0 heterocycles. The standard InChI is InChI=1S/C20H26N2O2/c1-3-20(4-2,16-8-6-5-7-9-16)19(23)22-17-10-12-18(13-11-17)24-15-14-21/h5-13H,3-4,14-15,21H2,1-2H3,(H,22,23). The third kappa shape index (κ3) is 3.95. The second-order valence-electron chi connectivity index (χ2n) is 5.77. The first kappa shape index (κ1) is 18.0. The summed E-state index contributed by atoms with van der Waals surface area (Å²) in [7, 11) is 0. The van der Waals surface area contributed by atoms with Crippen molar-refractivity contribution in [1.82, 2.24) is 0 Å². The van der Waals surface area contributed by atoms with Crippen LogP contribution in [-0.2, 0) is 10.2 Å². The lowest BCUT2D eigenvalue weighted by Gasteiger charge is -2.31. The van der Waals surface area contributed by atoms with Crippen molar-refractivity contribution in [2.45, 2.75) is 32.1 Å². The molecule has 0 radical (unpaired) electrons. The van der Waals surface area contributed by atoms with Gasteiger partial charge in [0.05, 0.1) is 5.41 Å². The van der Waals surface area contributed by atoms with Gasteiger partial charge in [0.15, 0.2) is 0 Å². The molecular weight excluding hydrogens is 300 g/mol. The van der Waals surface area contributed by atoms with E-state index in [1.807, 2.05) is 54.6 Å². The lowest BCUT2D eigenvalue weighted by molar-refractivity contribution is -0.121. The van der Waals surface area contributed by atoms with Gasteiger partial charge in [-0.2, -0.15) is 0 Å². The van der Waals surface area contributed by atoms with Crippen LogP contribution in [-0.4, -0.2) is 19.1 Å². The summed E-state index contributed by atoms with van der Waals surface area (Å²) in [5, 5.41) is 3.05.